The van der Waals surface area contributed by atoms with E-state index in [1.807, 2.05) is 0 Å². The van der Waals surface area contributed by atoms with E-state index in [9.17, 15) is 13.2 Å². The second-order valence-electron chi connectivity index (χ2n) is 3.81. The van der Waals surface area contributed by atoms with E-state index >= 15 is 0 Å². The summed E-state index contributed by atoms with van der Waals surface area (Å²) in [6.45, 7) is 3.06. The first-order valence-electron chi connectivity index (χ1n) is 5.43. The van der Waals surface area contributed by atoms with Crippen molar-refractivity contribution in [3.05, 3.63) is 29.8 Å². The zero-order chi connectivity index (χ0) is 13.8. The molecular weight excluding hydrogens is 252 g/mol. The molecule has 0 fully saturated rings. The summed E-state index contributed by atoms with van der Waals surface area (Å²) < 4.78 is 25.9. The summed E-state index contributed by atoms with van der Waals surface area (Å²) in [5.74, 6) is -0.0899. The first-order valence-corrected chi connectivity index (χ1v) is 6.97. The molecule has 1 N–H and O–H groups in total. The van der Waals surface area contributed by atoms with Crippen LogP contribution < -0.4 is 4.72 Å². The number of benzene rings is 1. The van der Waals surface area contributed by atoms with Crippen LogP contribution in [0.3, 0.4) is 0 Å². The molecule has 0 bridgehead atoms. The molecule has 18 heavy (non-hydrogen) atoms. The molecule has 0 spiro atoms. The Kier molecular flexibility index (Phi) is 4.45. The number of hydrogen-bond acceptors (Lipinski definition) is 4. The van der Waals surface area contributed by atoms with Crippen LogP contribution in [-0.4, -0.2) is 19.5 Å². The molecule has 0 aliphatic carbocycles. The highest BCUT2D eigenvalue weighted by atomic mass is 32.2. The Morgan fingerprint density at radius 1 is 1.39 bits per heavy atom. The van der Waals surface area contributed by atoms with E-state index in [0.717, 1.165) is 0 Å². The highest BCUT2D eigenvalue weighted by Crippen LogP contribution is 2.14. The standard InChI is InChI=1S/C12H14N2O3S/c1-3-12(8-13)18(16,17)14-11-6-4-10(5-7-11)9(2)15/h4-7,12,14H,3H2,1-2H3. The van der Waals surface area contributed by atoms with Crippen LogP contribution in [-0.2, 0) is 10.0 Å². The zero-order valence-electron chi connectivity index (χ0n) is 10.2. The van der Waals surface area contributed by atoms with Gasteiger partial charge in [0.15, 0.2) is 11.0 Å². The van der Waals surface area contributed by atoms with Crippen molar-refractivity contribution >= 4 is 21.5 Å². The molecule has 0 radical (unpaired) electrons. The van der Waals surface area contributed by atoms with Crippen LogP contribution >= 0.6 is 0 Å². The maximum absolute atomic E-state index is 11.8. The van der Waals surface area contributed by atoms with Gasteiger partial charge in [-0.3, -0.25) is 9.52 Å². The average molecular weight is 266 g/mol. The lowest BCUT2D eigenvalue weighted by molar-refractivity contribution is 0.101. The van der Waals surface area contributed by atoms with Crippen molar-refractivity contribution < 1.29 is 13.2 Å². The van der Waals surface area contributed by atoms with E-state index in [-0.39, 0.29) is 12.2 Å². The normalized spacial score (nSPS) is 12.5. The number of hydrogen-bond donors (Lipinski definition) is 1. The molecule has 0 saturated heterocycles. The average Bonchev–Trinajstić information content (AvgIpc) is 2.30. The predicted octanol–water partition coefficient (Wildman–Crippen LogP) is 1.93. The van der Waals surface area contributed by atoms with Crippen molar-refractivity contribution in [1.82, 2.24) is 0 Å². The number of rotatable bonds is 5. The molecular formula is C12H14N2O3S. The zero-order valence-corrected chi connectivity index (χ0v) is 11.0. The van der Waals surface area contributed by atoms with E-state index in [0.29, 0.717) is 11.3 Å². The molecule has 0 amide bonds. The van der Waals surface area contributed by atoms with Crippen LogP contribution in [0.25, 0.3) is 0 Å². The fraction of sp³-hybridized carbons (Fsp3) is 0.333. The third-order valence-corrected chi connectivity index (χ3v) is 4.15. The summed E-state index contributed by atoms with van der Waals surface area (Å²) in [5, 5.41) is 7.66. The molecule has 1 unspecified atom stereocenters. The third kappa shape index (κ3) is 3.31. The van der Waals surface area contributed by atoms with Gasteiger partial charge in [-0.15, -0.1) is 0 Å². The fourth-order valence-corrected chi connectivity index (χ4v) is 2.57. The number of Topliss-reactive ketones (excluding diaryl/α,β-unsaturated/α-hetero) is 1. The van der Waals surface area contributed by atoms with Crippen LogP contribution in [0.2, 0.25) is 0 Å². The van der Waals surface area contributed by atoms with Crippen molar-refractivity contribution in [2.24, 2.45) is 0 Å². The Labute approximate surface area is 106 Å². The molecule has 0 saturated carbocycles. The second-order valence-corrected chi connectivity index (χ2v) is 5.67. The Morgan fingerprint density at radius 3 is 2.33 bits per heavy atom. The quantitative estimate of drug-likeness (QED) is 0.825. The summed E-state index contributed by atoms with van der Waals surface area (Å²) in [5.41, 5.74) is 0.846. The van der Waals surface area contributed by atoms with Crippen molar-refractivity contribution in [3.63, 3.8) is 0 Å². The van der Waals surface area contributed by atoms with Crippen LogP contribution in [0.4, 0.5) is 5.69 Å². The molecule has 0 aliphatic heterocycles. The highest BCUT2D eigenvalue weighted by molar-refractivity contribution is 7.93. The molecule has 0 aliphatic rings. The van der Waals surface area contributed by atoms with Gasteiger partial charge in [-0.05, 0) is 37.6 Å². The van der Waals surface area contributed by atoms with E-state index in [4.69, 9.17) is 5.26 Å². The molecule has 96 valence electrons. The van der Waals surface area contributed by atoms with Gasteiger partial charge in [0.1, 0.15) is 0 Å². The van der Waals surface area contributed by atoms with Crippen LogP contribution in [0.15, 0.2) is 24.3 Å². The van der Waals surface area contributed by atoms with Crippen LogP contribution in [0.1, 0.15) is 30.6 Å². The fourth-order valence-electron chi connectivity index (χ4n) is 1.39. The molecule has 1 aromatic rings. The van der Waals surface area contributed by atoms with Gasteiger partial charge < -0.3 is 0 Å². The van der Waals surface area contributed by atoms with Gasteiger partial charge in [-0.1, -0.05) is 6.92 Å². The lowest BCUT2D eigenvalue weighted by atomic mass is 10.1. The lowest BCUT2D eigenvalue weighted by Crippen LogP contribution is -2.25. The minimum Gasteiger partial charge on any atom is -0.295 e. The number of carbonyl (C=O) groups is 1. The van der Waals surface area contributed by atoms with Crippen molar-refractivity contribution in [2.45, 2.75) is 25.5 Å². The number of sulfonamides is 1. The smallest absolute Gasteiger partial charge is 0.249 e. The van der Waals surface area contributed by atoms with Crippen molar-refractivity contribution in [3.8, 4) is 6.07 Å². The molecule has 0 heterocycles. The summed E-state index contributed by atoms with van der Waals surface area (Å²) in [7, 11) is -3.70. The summed E-state index contributed by atoms with van der Waals surface area (Å²) >= 11 is 0. The van der Waals surface area contributed by atoms with E-state index in [1.165, 1.54) is 31.2 Å². The van der Waals surface area contributed by atoms with Crippen molar-refractivity contribution in [2.75, 3.05) is 4.72 Å². The SMILES string of the molecule is CCC(C#N)S(=O)(=O)Nc1ccc(C(C)=O)cc1. The Morgan fingerprint density at radius 2 is 1.94 bits per heavy atom. The molecule has 5 nitrogen and oxygen atoms in total. The Hall–Kier alpha value is -1.87. The number of nitrogens with one attached hydrogen (secondary N) is 1. The summed E-state index contributed by atoms with van der Waals surface area (Å²) in [6, 6.07) is 7.80. The molecule has 1 rings (SSSR count). The second kappa shape index (κ2) is 5.65. The molecule has 0 aromatic heterocycles. The topological polar surface area (TPSA) is 87.0 Å². The van der Waals surface area contributed by atoms with Gasteiger partial charge in [0.05, 0.1) is 6.07 Å². The monoisotopic (exact) mass is 266 g/mol. The molecule has 6 heteroatoms. The highest BCUT2D eigenvalue weighted by Gasteiger charge is 2.23. The maximum Gasteiger partial charge on any atom is 0.249 e. The largest absolute Gasteiger partial charge is 0.295 e. The number of carbonyl (C=O) groups excluding carboxylic acids is 1. The minimum absolute atomic E-state index is 0.0899. The van der Waals surface area contributed by atoms with Gasteiger partial charge in [-0.2, -0.15) is 5.26 Å². The Bertz CT molecular complexity index is 570. The number of nitriles is 1. The maximum atomic E-state index is 11.8. The van der Waals surface area contributed by atoms with Gasteiger partial charge in [-0.25, -0.2) is 8.42 Å². The van der Waals surface area contributed by atoms with Crippen LogP contribution in [0.5, 0.6) is 0 Å². The van der Waals surface area contributed by atoms with E-state index in [1.54, 1.807) is 13.0 Å². The van der Waals surface area contributed by atoms with Gasteiger partial charge in [0.25, 0.3) is 0 Å². The van der Waals surface area contributed by atoms with Gasteiger partial charge in [0, 0.05) is 11.3 Å². The summed E-state index contributed by atoms with van der Waals surface area (Å²) in [6.07, 6.45) is 0.220. The first-order chi connectivity index (χ1) is 8.40. The lowest BCUT2D eigenvalue weighted by Gasteiger charge is -2.11. The van der Waals surface area contributed by atoms with Gasteiger partial charge in [0.2, 0.25) is 10.0 Å². The predicted molar refractivity (Wildman–Crippen MR) is 68.7 cm³/mol. The first kappa shape index (κ1) is 14.2. The third-order valence-electron chi connectivity index (χ3n) is 2.44. The van der Waals surface area contributed by atoms with Gasteiger partial charge >= 0.3 is 0 Å². The van der Waals surface area contributed by atoms with E-state index < -0.39 is 15.3 Å². The van der Waals surface area contributed by atoms with E-state index in [2.05, 4.69) is 4.72 Å². The number of anilines is 1. The molecule has 1 atom stereocenters. The number of ketones is 1. The summed E-state index contributed by atoms with van der Waals surface area (Å²) in [4.78, 5) is 11.1. The van der Waals surface area contributed by atoms with Crippen LogP contribution in [0, 0.1) is 11.3 Å². The Balaban J connectivity index is 2.92. The number of nitrogens with zero attached hydrogens (tertiary/aromatic N) is 1. The van der Waals surface area contributed by atoms with Crippen molar-refractivity contribution in [1.29, 1.82) is 5.26 Å². The molecule has 1 aromatic carbocycles. The minimum atomic E-state index is -3.70.